The monoisotopic (exact) mass is 331 g/mol. The van der Waals surface area contributed by atoms with E-state index in [1.807, 2.05) is 12.1 Å². The molecule has 6 nitrogen and oxygen atoms in total. The molecule has 1 aromatic rings. The van der Waals surface area contributed by atoms with Gasteiger partial charge in [0.2, 0.25) is 6.79 Å². The number of aliphatic hydroxyl groups excluding tert-OH is 1. The van der Waals surface area contributed by atoms with Gasteiger partial charge in [0, 0.05) is 25.3 Å². The van der Waals surface area contributed by atoms with Crippen molar-refractivity contribution in [2.45, 2.75) is 36.4 Å². The van der Waals surface area contributed by atoms with Crippen LogP contribution in [0.2, 0.25) is 0 Å². The summed E-state index contributed by atoms with van der Waals surface area (Å²) >= 11 is 0. The first-order chi connectivity index (χ1) is 11.6. The van der Waals surface area contributed by atoms with Gasteiger partial charge in [-0.3, -0.25) is 4.90 Å². The number of fused-ring (bicyclic) bond motifs is 2. The molecular weight excluding hydrogens is 310 g/mol. The quantitative estimate of drug-likeness (QED) is 0.784. The van der Waals surface area contributed by atoms with Gasteiger partial charge in [-0.25, -0.2) is 0 Å². The maximum absolute atomic E-state index is 10.5. The van der Waals surface area contributed by atoms with Crippen LogP contribution in [0.3, 0.4) is 0 Å². The highest BCUT2D eigenvalue weighted by Crippen LogP contribution is 2.54. The van der Waals surface area contributed by atoms with Crippen LogP contribution in [-0.4, -0.2) is 55.8 Å². The maximum atomic E-state index is 10.5. The molecule has 0 amide bonds. The fourth-order valence-corrected chi connectivity index (χ4v) is 4.82. The van der Waals surface area contributed by atoms with E-state index in [0.29, 0.717) is 5.75 Å². The van der Waals surface area contributed by atoms with Crippen molar-refractivity contribution >= 4 is 0 Å². The Bertz CT molecular complexity index is 720. The van der Waals surface area contributed by atoms with Crippen LogP contribution < -0.4 is 9.47 Å². The number of likely N-dealkylation sites (tertiary alicyclic amines) is 1. The Kier molecular flexibility index (Phi) is 3.04. The average molecular weight is 331 g/mol. The number of methoxy groups -OCH3 is 1. The lowest BCUT2D eigenvalue weighted by Gasteiger charge is -2.46. The van der Waals surface area contributed by atoms with E-state index in [0.717, 1.165) is 29.8 Å². The van der Waals surface area contributed by atoms with Gasteiger partial charge in [-0.1, -0.05) is 12.2 Å². The molecule has 24 heavy (non-hydrogen) atoms. The molecule has 0 aromatic heterocycles. The number of benzene rings is 1. The zero-order chi connectivity index (χ0) is 16.5. The molecule has 5 atom stereocenters. The molecule has 3 heterocycles. The second kappa shape index (κ2) is 4.95. The van der Waals surface area contributed by atoms with Gasteiger partial charge in [-0.15, -0.1) is 0 Å². The summed E-state index contributed by atoms with van der Waals surface area (Å²) in [5, 5.41) is 10.5. The molecule has 0 saturated carbocycles. The van der Waals surface area contributed by atoms with Crippen molar-refractivity contribution in [2.24, 2.45) is 0 Å². The van der Waals surface area contributed by atoms with E-state index in [2.05, 4.69) is 24.1 Å². The molecule has 6 heteroatoms. The molecule has 1 saturated heterocycles. The Morgan fingerprint density at radius 1 is 1.29 bits per heavy atom. The van der Waals surface area contributed by atoms with E-state index in [1.54, 1.807) is 7.11 Å². The Balaban J connectivity index is 1.73. The minimum Gasteiger partial charge on any atom is -0.454 e. The molecule has 1 fully saturated rings. The zero-order valence-corrected chi connectivity index (χ0v) is 13.8. The first kappa shape index (κ1) is 14.7. The number of hydrogen-bond donors (Lipinski definition) is 1. The van der Waals surface area contributed by atoms with Gasteiger partial charge in [-0.2, -0.15) is 0 Å². The van der Waals surface area contributed by atoms with Crippen molar-refractivity contribution in [1.29, 1.82) is 0 Å². The van der Waals surface area contributed by atoms with E-state index < -0.39 is 6.29 Å². The van der Waals surface area contributed by atoms with Crippen molar-refractivity contribution in [3.63, 3.8) is 0 Å². The highest BCUT2D eigenvalue weighted by molar-refractivity contribution is 5.56. The highest BCUT2D eigenvalue weighted by Gasteiger charge is 2.59. The zero-order valence-electron chi connectivity index (χ0n) is 13.8. The smallest absolute Gasteiger partial charge is 0.231 e. The summed E-state index contributed by atoms with van der Waals surface area (Å²) in [4.78, 5) is 2.31. The number of ether oxygens (including phenoxy) is 4. The van der Waals surface area contributed by atoms with E-state index in [1.165, 1.54) is 0 Å². The molecule has 4 aliphatic rings. The molecule has 3 aliphatic heterocycles. The molecule has 3 unspecified atom stereocenters. The topological polar surface area (TPSA) is 60.4 Å². The standard InChI is InChI=1S/C18H21NO5/c1-19-8-16-18(4-3-10(21-2)5-15(18)19)12-7-14-13(22-9-23-14)6-11(12)17(20)24-16/h3-4,6-7,10,15-17,20H,5,8-9H2,1-2H3/t10-,15+,16?,17?,18?/m1/s1. The van der Waals surface area contributed by atoms with Gasteiger partial charge in [0.1, 0.15) is 0 Å². The maximum Gasteiger partial charge on any atom is 0.231 e. The molecular formula is C18H21NO5. The van der Waals surface area contributed by atoms with Crippen LogP contribution in [0, 0.1) is 0 Å². The summed E-state index contributed by atoms with van der Waals surface area (Å²) in [5.41, 5.74) is 1.56. The molecule has 5 rings (SSSR count). The predicted molar refractivity (Wildman–Crippen MR) is 85.0 cm³/mol. The van der Waals surface area contributed by atoms with Crippen molar-refractivity contribution in [2.75, 3.05) is 27.5 Å². The van der Waals surface area contributed by atoms with E-state index in [9.17, 15) is 5.11 Å². The number of nitrogens with zero attached hydrogens (tertiary/aromatic N) is 1. The summed E-state index contributed by atoms with van der Waals surface area (Å²) < 4.78 is 22.6. The van der Waals surface area contributed by atoms with E-state index >= 15 is 0 Å². The molecule has 0 bridgehead atoms. The molecule has 1 N–H and O–H groups in total. The summed E-state index contributed by atoms with van der Waals surface area (Å²) in [6, 6.07) is 4.14. The summed E-state index contributed by atoms with van der Waals surface area (Å²) in [7, 11) is 3.85. The van der Waals surface area contributed by atoms with Crippen LogP contribution in [0.25, 0.3) is 0 Å². The third-order valence-electron chi connectivity index (χ3n) is 5.99. The van der Waals surface area contributed by atoms with Crippen LogP contribution in [0.4, 0.5) is 0 Å². The van der Waals surface area contributed by atoms with Gasteiger partial charge in [-0.05, 0) is 31.2 Å². The lowest BCUT2D eigenvalue weighted by atomic mass is 9.65. The minimum absolute atomic E-state index is 0.0931. The first-order valence-electron chi connectivity index (χ1n) is 8.33. The second-order valence-corrected chi connectivity index (χ2v) is 7.03. The summed E-state index contributed by atoms with van der Waals surface area (Å²) in [6.07, 6.45) is 4.31. The molecule has 0 radical (unpaired) electrons. The summed E-state index contributed by atoms with van der Waals surface area (Å²) in [6.45, 7) is 0.993. The number of aliphatic hydroxyl groups is 1. The van der Waals surface area contributed by atoms with Crippen LogP contribution in [0.15, 0.2) is 24.3 Å². The molecule has 1 spiro atoms. The molecule has 1 aromatic carbocycles. The van der Waals surface area contributed by atoms with Gasteiger partial charge in [0.15, 0.2) is 17.8 Å². The van der Waals surface area contributed by atoms with E-state index in [-0.39, 0.29) is 30.5 Å². The van der Waals surface area contributed by atoms with Crippen molar-refractivity contribution in [3.05, 3.63) is 35.4 Å². The first-order valence-corrected chi connectivity index (χ1v) is 8.33. The van der Waals surface area contributed by atoms with Gasteiger partial charge in [0.05, 0.1) is 17.6 Å². The third-order valence-corrected chi connectivity index (χ3v) is 5.99. The Labute approximate surface area is 140 Å². The lowest BCUT2D eigenvalue weighted by Crippen LogP contribution is -2.52. The van der Waals surface area contributed by atoms with Crippen molar-refractivity contribution in [1.82, 2.24) is 4.90 Å². The number of hydrogen-bond acceptors (Lipinski definition) is 6. The Morgan fingerprint density at radius 3 is 2.88 bits per heavy atom. The Hall–Kier alpha value is -1.60. The van der Waals surface area contributed by atoms with Gasteiger partial charge < -0.3 is 24.1 Å². The number of likely N-dealkylation sites (N-methyl/N-ethyl adjacent to an activating group) is 1. The second-order valence-electron chi connectivity index (χ2n) is 7.03. The van der Waals surface area contributed by atoms with Gasteiger partial charge in [0.25, 0.3) is 0 Å². The summed E-state index contributed by atoms with van der Waals surface area (Å²) in [5.74, 6) is 1.41. The van der Waals surface area contributed by atoms with Crippen molar-refractivity contribution < 1.29 is 24.1 Å². The fourth-order valence-electron chi connectivity index (χ4n) is 4.82. The minimum atomic E-state index is -0.939. The van der Waals surface area contributed by atoms with Crippen LogP contribution >= 0.6 is 0 Å². The highest BCUT2D eigenvalue weighted by atomic mass is 16.7. The predicted octanol–water partition coefficient (Wildman–Crippen LogP) is 1.33. The SMILES string of the molecule is CO[C@@H]1C=CC23c4cc5c(cc4C(O)OC2CN(C)[C@H]3C1)OCO5. The Morgan fingerprint density at radius 2 is 2.08 bits per heavy atom. The molecule has 1 aliphatic carbocycles. The largest absolute Gasteiger partial charge is 0.454 e. The van der Waals surface area contributed by atoms with Crippen molar-refractivity contribution in [3.8, 4) is 11.5 Å². The van der Waals surface area contributed by atoms with Crippen LogP contribution in [0.1, 0.15) is 23.8 Å². The fraction of sp³-hybridized carbons (Fsp3) is 0.556. The third kappa shape index (κ3) is 1.74. The van der Waals surface area contributed by atoms with Crippen LogP contribution in [-0.2, 0) is 14.9 Å². The lowest BCUT2D eigenvalue weighted by molar-refractivity contribution is -0.160. The molecule has 128 valence electrons. The van der Waals surface area contributed by atoms with Gasteiger partial charge >= 0.3 is 0 Å². The average Bonchev–Trinajstić information content (AvgIpc) is 3.16. The number of rotatable bonds is 1. The van der Waals surface area contributed by atoms with Crippen LogP contribution in [0.5, 0.6) is 11.5 Å². The van der Waals surface area contributed by atoms with E-state index in [4.69, 9.17) is 18.9 Å². The normalized spacial score (nSPS) is 39.5.